The van der Waals surface area contributed by atoms with Crippen LogP contribution in [0.1, 0.15) is 6.92 Å². The van der Waals surface area contributed by atoms with E-state index in [1.807, 2.05) is 41.1 Å². The van der Waals surface area contributed by atoms with E-state index in [1.165, 1.54) is 6.92 Å². The molecule has 28 heavy (non-hydrogen) atoms. The number of hydrogen-bond donors (Lipinski definition) is 3. The van der Waals surface area contributed by atoms with Crippen LogP contribution in [0.2, 0.25) is 5.02 Å². The van der Waals surface area contributed by atoms with Gasteiger partial charge in [0.25, 0.3) is 0 Å². The summed E-state index contributed by atoms with van der Waals surface area (Å²) < 4.78 is 1.94. The van der Waals surface area contributed by atoms with E-state index in [4.69, 9.17) is 11.6 Å². The summed E-state index contributed by atoms with van der Waals surface area (Å²) in [4.78, 5) is 15.2. The van der Waals surface area contributed by atoms with Crippen LogP contribution in [0.3, 0.4) is 0 Å². The minimum absolute atomic E-state index is 0.146. The standard InChI is InChI=1S/C20H17ClN6O/c1-13(28)23-15-4-7-18(17(21)10-15)24-20-11-19(25-26-20)14-2-5-16(6-3-14)27-9-8-22-12-27/h2-12H,1H3,(H,23,28)(H2,24,25,26). The molecule has 2 heterocycles. The van der Waals surface area contributed by atoms with Crippen LogP contribution >= 0.6 is 11.6 Å². The topological polar surface area (TPSA) is 87.6 Å². The van der Waals surface area contributed by atoms with Gasteiger partial charge in [-0.15, -0.1) is 0 Å². The van der Waals surface area contributed by atoms with Crippen LogP contribution in [-0.4, -0.2) is 25.7 Å². The Kier molecular flexibility index (Phi) is 4.82. The van der Waals surface area contributed by atoms with Gasteiger partial charge >= 0.3 is 0 Å². The molecular formula is C20H17ClN6O. The second-order valence-corrected chi connectivity index (χ2v) is 6.59. The molecule has 0 fully saturated rings. The van der Waals surface area contributed by atoms with Crippen LogP contribution in [0, 0.1) is 0 Å². The zero-order valence-corrected chi connectivity index (χ0v) is 15.7. The van der Waals surface area contributed by atoms with Crippen molar-refractivity contribution in [3.05, 3.63) is 72.3 Å². The predicted octanol–water partition coefficient (Wildman–Crippen LogP) is 4.62. The Bertz CT molecular complexity index is 1100. The molecule has 1 amide bonds. The number of nitrogens with one attached hydrogen (secondary N) is 3. The number of rotatable bonds is 5. The third-order valence-electron chi connectivity index (χ3n) is 4.11. The lowest BCUT2D eigenvalue weighted by Gasteiger charge is -2.08. The summed E-state index contributed by atoms with van der Waals surface area (Å²) in [6.45, 7) is 1.45. The molecule has 0 unspecified atom stereocenters. The average molecular weight is 393 g/mol. The van der Waals surface area contributed by atoms with Crippen molar-refractivity contribution in [1.29, 1.82) is 0 Å². The molecule has 3 N–H and O–H groups in total. The summed E-state index contributed by atoms with van der Waals surface area (Å²) in [5, 5.41) is 13.7. The molecule has 0 radical (unpaired) electrons. The number of H-pyrrole nitrogens is 1. The predicted molar refractivity (Wildman–Crippen MR) is 110 cm³/mol. The van der Waals surface area contributed by atoms with E-state index in [-0.39, 0.29) is 5.91 Å². The van der Waals surface area contributed by atoms with Crippen molar-refractivity contribution < 1.29 is 4.79 Å². The smallest absolute Gasteiger partial charge is 0.221 e. The number of hydrogen-bond acceptors (Lipinski definition) is 4. The first-order valence-corrected chi connectivity index (χ1v) is 8.94. The Balaban J connectivity index is 1.49. The lowest BCUT2D eigenvalue weighted by Crippen LogP contribution is -2.05. The highest BCUT2D eigenvalue weighted by molar-refractivity contribution is 6.33. The van der Waals surface area contributed by atoms with Gasteiger partial charge < -0.3 is 15.2 Å². The van der Waals surface area contributed by atoms with Gasteiger partial charge in [-0.1, -0.05) is 23.7 Å². The van der Waals surface area contributed by atoms with Gasteiger partial charge in [0.2, 0.25) is 5.91 Å². The first-order valence-electron chi connectivity index (χ1n) is 8.57. The van der Waals surface area contributed by atoms with Crippen LogP contribution in [0.4, 0.5) is 17.2 Å². The fourth-order valence-corrected chi connectivity index (χ4v) is 3.02. The lowest BCUT2D eigenvalue weighted by molar-refractivity contribution is -0.114. The van der Waals surface area contributed by atoms with E-state index >= 15 is 0 Å². The van der Waals surface area contributed by atoms with Crippen LogP contribution in [0.25, 0.3) is 16.9 Å². The quantitative estimate of drug-likeness (QED) is 0.462. The van der Waals surface area contributed by atoms with Gasteiger partial charge in [-0.25, -0.2) is 4.98 Å². The van der Waals surface area contributed by atoms with Crippen molar-refractivity contribution in [2.45, 2.75) is 6.92 Å². The maximum atomic E-state index is 11.1. The first-order chi connectivity index (χ1) is 13.6. The first kappa shape index (κ1) is 17.8. The molecule has 0 aliphatic rings. The fraction of sp³-hybridized carbons (Fsp3) is 0.0500. The largest absolute Gasteiger partial charge is 0.338 e. The third kappa shape index (κ3) is 3.89. The van der Waals surface area contributed by atoms with Crippen molar-refractivity contribution in [1.82, 2.24) is 19.7 Å². The van der Waals surface area contributed by atoms with Crippen molar-refractivity contribution in [3.8, 4) is 16.9 Å². The Labute approximate surface area is 166 Å². The summed E-state index contributed by atoms with van der Waals surface area (Å²) in [6, 6.07) is 15.2. The van der Waals surface area contributed by atoms with E-state index in [1.54, 1.807) is 30.7 Å². The van der Waals surface area contributed by atoms with E-state index in [2.05, 4.69) is 25.8 Å². The molecule has 0 aliphatic heterocycles. The van der Waals surface area contributed by atoms with E-state index in [9.17, 15) is 4.79 Å². The average Bonchev–Trinajstić information content (AvgIpc) is 3.36. The molecule has 0 spiro atoms. The minimum atomic E-state index is -0.146. The molecule has 0 aliphatic carbocycles. The summed E-state index contributed by atoms with van der Waals surface area (Å²) >= 11 is 6.29. The summed E-state index contributed by atoms with van der Waals surface area (Å²) in [5.74, 6) is 0.496. The Morgan fingerprint density at radius 3 is 2.64 bits per heavy atom. The lowest BCUT2D eigenvalue weighted by atomic mass is 10.1. The molecule has 4 aromatic rings. The number of halogens is 1. The Morgan fingerprint density at radius 2 is 1.96 bits per heavy atom. The minimum Gasteiger partial charge on any atom is -0.338 e. The summed E-state index contributed by atoms with van der Waals surface area (Å²) in [6.07, 6.45) is 5.40. The van der Waals surface area contributed by atoms with Crippen LogP contribution in [-0.2, 0) is 4.79 Å². The number of benzene rings is 2. The van der Waals surface area contributed by atoms with Gasteiger partial charge in [-0.05, 0) is 35.9 Å². The highest BCUT2D eigenvalue weighted by Gasteiger charge is 2.08. The van der Waals surface area contributed by atoms with E-state index in [0.717, 1.165) is 16.9 Å². The molecule has 2 aromatic carbocycles. The Morgan fingerprint density at radius 1 is 1.14 bits per heavy atom. The van der Waals surface area contributed by atoms with Crippen LogP contribution in [0.5, 0.6) is 0 Å². The normalized spacial score (nSPS) is 10.6. The van der Waals surface area contributed by atoms with Crippen molar-refractivity contribution in [2.24, 2.45) is 0 Å². The maximum Gasteiger partial charge on any atom is 0.221 e. The molecule has 0 bridgehead atoms. The van der Waals surface area contributed by atoms with Gasteiger partial charge in [0.1, 0.15) is 0 Å². The fourth-order valence-electron chi connectivity index (χ4n) is 2.79. The number of aromatic nitrogens is 4. The van der Waals surface area contributed by atoms with Crippen molar-refractivity contribution in [2.75, 3.05) is 10.6 Å². The molecule has 0 atom stereocenters. The van der Waals surface area contributed by atoms with Crippen LogP contribution in [0.15, 0.2) is 67.3 Å². The molecule has 2 aromatic heterocycles. The van der Waals surface area contributed by atoms with Gasteiger partial charge in [0.05, 0.1) is 22.7 Å². The van der Waals surface area contributed by atoms with Gasteiger partial charge in [0.15, 0.2) is 5.82 Å². The second-order valence-electron chi connectivity index (χ2n) is 6.18. The number of imidazole rings is 1. The summed E-state index contributed by atoms with van der Waals surface area (Å²) in [5.41, 5.74) is 4.26. The molecule has 0 saturated heterocycles. The molecule has 140 valence electrons. The molecule has 4 rings (SSSR count). The number of nitrogens with zero attached hydrogens (tertiary/aromatic N) is 3. The Hall–Kier alpha value is -3.58. The molecular weight excluding hydrogens is 376 g/mol. The number of carbonyl (C=O) groups excluding carboxylic acids is 1. The summed E-state index contributed by atoms with van der Waals surface area (Å²) in [7, 11) is 0. The number of aromatic amines is 1. The molecule has 7 nitrogen and oxygen atoms in total. The number of carbonyl (C=O) groups is 1. The number of anilines is 3. The van der Waals surface area contributed by atoms with E-state index in [0.29, 0.717) is 22.2 Å². The van der Waals surface area contributed by atoms with Gasteiger partial charge in [0, 0.05) is 36.8 Å². The van der Waals surface area contributed by atoms with E-state index < -0.39 is 0 Å². The van der Waals surface area contributed by atoms with Gasteiger partial charge in [-0.2, -0.15) is 5.10 Å². The maximum absolute atomic E-state index is 11.1. The van der Waals surface area contributed by atoms with Crippen molar-refractivity contribution >= 4 is 34.7 Å². The number of amides is 1. The molecule has 0 saturated carbocycles. The molecule has 8 heteroatoms. The monoisotopic (exact) mass is 392 g/mol. The third-order valence-corrected chi connectivity index (χ3v) is 4.42. The van der Waals surface area contributed by atoms with Crippen LogP contribution < -0.4 is 10.6 Å². The highest BCUT2D eigenvalue weighted by Crippen LogP contribution is 2.29. The second kappa shape index (κ2) is 7.58. The highest BCUT2D eigenvalue weighted by atomic mass is 35.5. The zero-order chi connectivity index (χ0) is 19.5. The SMILES string of the molecule is CC(=O)Nc1ccc(Nc2cc(-c3ccc(-n4ccnc4)cc3)[nH]n2)c(Cl)c1. The van der Waals surface area contributed by atoms with Crippen molar-refractivity contribution in [3.63, 3.8) is 0 Å². The van der Waals surface area contributed by atoms with Gasteiger partial charge in [-0.3, -0.25) is 9.89 Å². The zero-order valence-electron chi connectivity index (χ0n) is 15.0.